The number of rotatable bonds is 7. The number of hydrogen-bond donors (Lipinski definition) is 2. The van der Waals surface area contributed by atoms with Crippen LogP contribution in [0.2, 0.25) is 5.15 Å². The van der Waals surface area contributed by atoms with Gasteiger partial charge in [0.05, 0.1) is 5.69 Å². The number of aryl methyl sites for hydroxylation is 1. The van der Waals surface area contributed by atoms with Gasteiger partial charge < -0.3 is 4.98 Å². The molecule has 3 rings (SSSR count). The van der Waals surface area contributed by atoms with Crippen molar-refractivity contribution in [3.63, 3.8) is 0 Å². The maximum atomic E-state index is 11.8. The molecule has 2 N–H and O–H groups in total. The molecule has 0 aliphatic carbocycles. The minimum Gasteiger partial charge on any atom is -0.344 e. The first-order valence-corrected chi connectivity index (χ1v) is 9.60. The van der Waals surface area contributed by atoms with E-state index in [4.69, 9.17) is 11.6 Å². The SMILES string of the molecule is CCCCc1nc(Cl)c(CN2CCCC(c3n[nH]c(=O)n3CC)C2)[nH]1. The molecule has 1 unspecified atom stereocenters. The van der Waals surface area contributed by atoms with Crippen LogP contribution in [0, 0.1) is 0 Å². The van der Waals surface area contributed by atoms with E-state index in [0.717, 1.165) is 69.1 Å². The summed E-state index contributed by atoms with van der Waals surface area (Å²) in [6.45, 7) is 7.46. The molecule has 0 amide bonds. The van der Waals surface area contributed by atoms with Crippen molar-refractivity contribution in [2.24, 2.45) is 0 Å². The van der Waals surface area contributed by atoms with E-state index in [1.165, 1.54) is 0 Å². The zero-order valence-electron chi connectivity index (χ0n) is 15.0. The number of likely N-dealkylation sites (tertiary alicyclic amines) is 1. The van der Waals surface area contributed by atoms with Gasteiger partial charge in [0.15, 0.2) is 5.15 Å². The topological polar surface area (TPSA) is 82.6 Å². The number of nitrogens with zero attached hydrogens (tertiary/aromatic N) is 4. The Labute approximate surface area is 152 Å². The number of halogens is 1. The molecule has 25 heavy (non-hydrogen) atoms. The lowest BCUT2D eigenvalue weighted by molar-refractivity contribution is 0.192. The standard InChI is InChI=1S/C17H27ClN6O/c1-3-5-8-14-19-13(15(18)20-14)11-23-9-6-7-12(10-23)16-21-22-17(25)24(16)4-2/h12H,3-11H2,1-2H3,(H,19,20)(H,22,25). The van der Waals surface area contributed by atoms with Gasteiger partial charge in [-0.2, -0.15) is 5.10 Å². The number of imidazole rings is 1. The number of unbranched alkanes of at least 4 members (excludes halogenated alkanes) is 1. The average molecular weight is 367 g/mol. The lowest BCUT2D eigenvalue weighted by Crippen LogP contribution is -2.35. The van der Waals surface area contributed by atoms with Gasteiger partial charge in [0, 0.05) is 32.0 Å². The quantitative estimate of drug-likeness (QED) is 0.789. The lowest BCUT2D eigenvalue weighted by atomic mass is 9.97. The first-order valence-electron chi connectivity index (χ1n) is 9.23. The Kier molecular flexibility index (Phi) is 5.96. The molecule has 1 atom stereocenters. The summed E-state index contributed by atoms with van der Waals surface area (Å²) in [4.78, 5) is 22.0. The van der Waals surface area contributed by atoms with E-state index in [-0.39, 0.29) is 11.6 Å². The van der Waals surface area contributed by atoms with Gasteiger partial charge in [0.25, 0.3) is 0 Å². The average Bonchev–Trinajstić information content (AvgIpc) is 3.15. The van der Waals surface area contributed by atoms with Crippen LogP contribution in [-0.4, -0.2) is 42.7 Å². The Morgan fingerprint density at radius 1 is 1.36 bits per heavy atom. The van der Waals surface area contributed by atoms with E-state index >= 15 is 0 Å². The zero-order valence-corrected chi connectivity index (χ0v) is 15.8. The Bertz CT molecular complexity index is 749. The second kappa shape index (κ2) is 8.19. The van der Waals surface area contributed by atoms with Crippen LogP contribution < -0.4 is 5.69 Å². The number of nitrogens with one attached hydrogen (secondary N) is 2. The molecule has 0 spiro atoms. The van der Waals surface area contributed by atoms with Crippen molar-refractivity contribution in [3.8, 4) is 0 Å². The summed E-state index contributed by atoms with van der Waals surface area (Å²) >= 11 is 6.32. The largest absolute Gasteiger partial charge is 0.344 e. The van der Waals surface area contributed by atoms with Crippen LogP contribution in [0.5, 0.6) is 0 Å². The van der Waals surface area contributed by atoms with Gasteiger partial charge in [-0.3, -0.25) is 9.47 Å². The minimum absolute atomic E-state index is 0.119. The molecule has 8 heteroatoms. The Balaban J connectivity index is 1.67. The van der Waals surface area contributed by atoms with Crippen molar-refractivity contribution in [3.05, 3.63) is 33.0 Å². The summed E-state index contributed by atoms with van der Waals surface area (Å²) in [7, 11) is 0. The number of piperidine rings is 1. The van der Waals surface area contributed by atoms with Crippen molar-refractivity contribution < 1.29 is 0 Å². The molecule has 0 bridgehead atoms. The van der Waals surface area contributed by atoms with Crippen molar-refractivity contribution in [2.75, 3.05) is 13.1 Å². The smallest absolute Gasteiger partial charge is 0.343 e. The molecule has 1 fully saturated rings. The molecule has 1 aliphatic rings. The molecule has 2 aromatic rings. The predicted octanol–water partition coefficient (Wildman–Crippen LogP) is 2.69. The van der Waals surface area contributed by atoms with E-state index in [0.29, 0.717) is 11.7 Å². The summed E-state index contributed by atoms with van der Waals surface area (Å²) in [6.07, 6.45) is 5.34. The molecule has 3 heterocycles. The maximum Gasteiger partial charge on any atom is 0.343 e. The second-order valence-corrected chi connectivity index (χ2v) is 7.12. The third-order valence-electron chi connectivity index (χ3n) is 4.90. The third kappa shape index (κ3) is 4.15. The van der Waals surface area contributed by atoms with Gasteiger partial charge in [-0.25, -0.2) is 14.9 Å². The maximum absolute atomic E-state index is 11.8. The number of aromatic amines is 2. The number of hydrogen-bond acceptors (Lipinski definition) is 4. The van der Waals surface area contributed by atoms with Crippen LogP contribution in [0.25, 0.3) is 0 Å². The van der Waals surface area contributed by atoms with Gasteiger partial charge in [-0.15, -0.1) is 0 Å². The fraction of sp³-hybridized carbons (Fsp3) is 0.706. The highest BCUT2D eigenvalue weighted by atomic mass is 35.5. The van der Waals surface area contributed by atoms with E-state index in [2.05, 4.69) is 32.0 Å². The molecule has 0 radical (unpaired) electrons. The van der Waals surface area contributed by atoms with Gasteiger partial charge in [0.2, 0.25) is 0 Å². The molecule has 7 nitrogen and oxygen atoms in total. The van der Waals surface area contributed by atoms with E-state index in [1.54, 1.807) is 4.57 Å². The van der Waals surface area contributed by atoms with E-state index in [1.807, 2.05) is 6.92 Å². The van der Waals surface area contributed by atoms with Gasteiger partial charge in [-0.1, -0.05) is 24.9 Å². The first-order chi connectivity index (χ1) is 12.1. The summed E-state index contributed by atoms with van der Waals surface area (Å²) in [5.74, 6) is 2.12. The number of H-pyrrole nitrogens is 2. The van der Waals surface area contributed by atoms with Crippen molar-refractivity contribution in [2.45, 2.75) is 65.0 Å². The summed E-state index contributed by atoms with van der Waals surface area (Å²) < 4.78 is 1.74. The second-order valence-electron chi connectivity index (χ2n) is 6.76. The van der Waals surface area contributed by atoms with Crippen LogP contribution in [0.3, 0.4) is 0 Å². The lowest BCUT2D eigenvalue weighted by Gasteiger charge is -2.31. The molecule has 138 valence electrons. The van der Waals surface area contributed by atoms with E-state index in [9.17, 15) is 4.79 Å². The van der Waals surface area contributed by atoms with Crippen molar-refractivity contribution in [1.82, 2.24) is 29.6 Å². The van der Waals surface area contributed by atoms with Crippen LogP contribution in [0.15, 0.2) is 4.79 Å². The first kappa shape index (κ1) is 18.2. The normalized spacial score (nSPS) is 18.8. The molecular formula is C17H27ClN6O. The highest BCUT2D eigenvalue weighted by molar-refractivity contribution is 6.30. The zero-order chi connectivity index (χ0) is 17.8. The predicted molar refractivity (Wildman–Crippen MR) is 98.0 cm³/mol. The molecule has 1 aliphatic heterocycles. The summed E-state index contributed by atoms with van der Waals surface area (Å²) in [6, 6.07) is 0. The van der Waals surface area contributed by atoms with Crippen LogP contribution in [0.4, 0.5) is 0 Å². The van der Waals surface area contributed by atoms with Crippen molar-refractivity contribution in [1.29, 1.82) is 0 Å². The monoisotopic (exact) mass is 366 g/mol. The molecule has 1 saturated heterocycles. The molecular weight excluding hydrogens is 340 g/mol. The number of aromatic nitrogens is 5. The Morgan fingerprint density at radius 3 is 2.96 bits per heavy atom. The van der Waals surface area contributed by atoms with Gasteiger partial charge in [-0.05, 0) is 32.7 Å². The fourth-order valence-corrected chi connectivity index (χ4v) is 3.80. The van der Waals surface area contributed by atoms with E-state index < -0.39 is 0 Å². The van der Waals surface area contributed by atoms with Crippen LogP contribution in [0.1, 0.15) is 62.8 Å². The third-order valence-corrected chi connectivity index (χ3v) is 5.21. The minimum atomic E-state index is -0.119. The molecule has 2 aromatic heterocycles. The molecule has 0 aromatic carbocycles. The Morgan fingerprint density at radius 2 is 2.20 bits per heavy atom. The van der Waals surface area contributed by atoms with Crippen LogP contribution in [-0.2, 0) is 19.5 Å². The van der Waals surface area contributed by atoms with Gasteiger partial charge >= 0.3 is 5.69 Å². The highest BCUT2D eigenvalue weighted by Crippen LogP contribution is 2.27. The summed E-state index contributed by atoms with van der Waals surface area (Å²) in [5, 5.41) is 7.43. The fourth-order valence-electron chi connectivity index (χ4n) is 3.59. The van der Waals surface area contributed by atoms with Crippen molar-refractivity contribution >= 4 is 11.6 Å². The summed E-state index contributed by atoms with van der Waals surface area (Å²) in [5.41, 5.74) is 0.870. The van der Waals surface area contributed by atoms with Crippen LogP contribution >= 0.6 is 11.6 Å². The Hall–Kier alpha value is -1.60. The van der Waals surface area contributed by atoms with Gasteiger partial charge in [0.1, 0.15) is 11.6 Å². The highest BCUT2D eigenvalue weighted by Gasteiger charge is 2.26. The molecule has 0 saturated carbocycles.